The van der Waals surface area contributed by atoms with Crippen LogP contribution in [0.4, 0.5) is 0 Å². The molecule has 1 heterocycles. The fourth-order valence-corrected chi connectivity index (χ4v) is 8.18. The van der Waals surface area contributed by atoms with E-state index in [1.807, 2.05) is 0 Å². The van der Waals surface area contributed by atoms with Crippen LogP contribution in [0.25, 0.3) is 0 Å². The van der Waals surface area contributed by atoms with Crippen molar-refractivity contribution in [3.63, 3.8) is 0 Å². The number of hydrogen-bond donors (Lipinski definition) is 1. The molecule has 1 N–H and O–H groups in total. The molecule has 0 radical (unpaired) electrons. The number of piperazine rings is 1. The van der Waals surface area contributed by atoms with Crippen molar-refractivity contribution >= 4 is 5.91 Å². The molecule has 0 aromatic heterocycles. The van der Waals surface area contributed by atoms with Gasteiger partial charge in [-0.1, -0.05) is 60.2 Å². The average Bonchev–Trinajstić information content (AvgIpc) is 2.79. The number of carbonyl (C=O) groups excluding carboxylic acids is 1. The molecule has 3 nitrogen and oxygen atoms in total. The van der Waals surface area contributed by atoms with Gasteiger partial charge >= 0.3 is 0 Å². The van der Waals surface area contributed by atoms with Crippen LogP contribution in [0.5, 0.6) is 0 Å². The first-order chi connectivity index (χ1) is 15.5. The van der Waals surface area contributed by atoms with E-state index >= 15 is 0 Å². The zero-order valence-corrected chi connectivity index (χ0v) is 19.5. The van der Waals surface area contributed by atoms with E-state index in [1.165, 1.54) is 36.0 Å². The second-order valence-corrected chi connectivity index (χ2v) is 11.6. The Morgan fingerprint density at radius 1 is 0.938 bits per heavy atom. The van der Waals surface area contributed by atoms with Gasteiger partial charge in [0.1, 0.15) is 6.54 Å². The van der Waals surface area contributed by atoms with Gasteiger partial charge in [-0.15, -0.1) is 0 Å². The van der Waals surface area contributed by atoms with Gasteiger partial charge in [0.05, 0.1) is 31.6 Å². The number of nitrogens with one attached hydrogen (secondary N) is 1. The Kier molecular flexibility index (Phi) is 4.94. The Bertz CT molecular complexity index is 960. The standard InChI is InChI=1S/C29H36N2O/c1-22-7-9-26(10-8-22)28-16-24-15-25(17-28)19-29(18-24,21-28)27(32)31-13-11-30(12-14-31)20-23-5-3-2-4-6-23/h2-10,24-25H,11-21H2,1H3/p+1/t24-,25+,28?,29?. The topological polar surface area (TPSA) is 24.8 Å². The lowest BCUT2D eigenvalue weighted by Gasteiger charge is -2.62. The van der Waals surface area contributed by atoms with Crippen LogP contribution in [0, 0.1) is 24.2 Å². The van der Waals surface area contributed by atoms with E-state index in [0.717, 1.165) is 63.8 Å². The number of carbonyl (C=O) groups is 1. The second-order valence-electron chi connectivity index (χ2n) is 11.6. The van der Waals surface area contributed by atoms with Crippen molar-refractivity contribution < 1.29 is 9.69 Å². The molecule has 2 unspecified atom stereocenters. The molecule has 3 heteroatoms. The van der Waals surface area contributed by atoms with Gasteiger partial charge in [0.25, 0.3) is 0 Å². The van der Waals surface area contributed by atoms with Crippen molar-refractivity contribution in [3.8, 4) is 0 Å². The third-order valence-electron chi connectivity index (χ3n) is 9.23. The van der Waals surface area contributed by atoms with E-state index in [-0.39, 0.29) is 10.8 Å². The van der Waals surface area contributed by atoms with Crippen LogP contribution in [0.1, 0.15) is 55.2 Å². The van der Waals surface area contributed by atoms with E-state index in [9.17, 15) is 4.79 Å². The SMILES string of the molecule is Cc1ccc(C23C[C@@H]4C[C@@H](CC(C(=O)N5CC[NH+](Cc6ccccc6)CC5)(C4)C2)C3)cc1. The predicted octanol–water partition coefficient (Wildman–Crippen LogP) is 3.76. The summed E-state index contributed by atoms with van der Waals surface area (Å²) in [4.78, 5) is 17.9. The van der Waals surface area contributed by atoms with Crippen LogP contribution in [0.2, 0.25) is 0 Å². The summed E-state index contributed by atoms with van der Waals surface area (Å²) in [5.74, 6) is 1.99. The highest BCUT2D eigenvalue weighted by atomic mass is 16.2. The molecule has 1 amide bonds. The maximum atomic E-state index is 14.1. The van der Waals surface area contributed by atoms with Crippen molar-refractivity contribution in [2.75, 3.05) is 26.2 Å². The molecule has 0 spiro atoms. The zero-order chi connectivity index (χ0) is 21.8. The van der Waals surface area contributed by atoms with Crippen molar-refractivity contribution in [2.24, 2.45) is 17.3 Å². The highest BCUT2D eigenvalue weighted by molar-refractivity contribution is 5.83. The van der Waals surface area contributed by atoms with E-state index in [2.05, 4.69) is 66.4 Å². The predicted molar refractivity (Wildman–Crippen MR) is 127 cm³/mol. The number of rotatable bonds is 4. The molecule has 1 saturated heterocycles. The Balaban J connectivity index is 1.18. The number of benzene rings is 2. The molecular weight excluding hydrogens is 392 g/mol. The Labute approximate surface area is 192 Å². The van der Waals surface area contributed by atoms with E-state index < -0.39 is 0 Å². The normalized spacial score (nSPS) is 34.1. The summed E-state index contributed by atoms with van der Waals surface area (Å²) >= 11 is 0. The minimum absolute atomic E-state index is 0.0914. The molecule has 2 aromatic rings. The number of hydrogen-bond acceptors (Lipinski definition) is 1. The highest BCUT2D eigenvalue weighted by Gasteiger charge is 2.61. The fraction of sp³-hybridized carbons (Fsp3) is 0.552. The van der Waals surface area contributed by atoms with Crippen molar-refractivity contribution in [3.05, 3.63) is 71.3 Å². The Morgan fingerprint density at radius 2 is 1.59 bits per heavy atom. The van der Waals surface area contributed by atoms with Gasteiger partial charge in [0, 0.05) is 5.56 Å². The molecule has 5 aliphatic rings. The number of amides is 1. The maximum Gasteiger partial charge on any atom is 0.229 e. The third-order valence-corrected chi connectivity index (χ3v) is 9.23. The molecular formula is C29H37N2O+. The lowest BCUT2D eigenvalue weighted by molar-refractivity contribution is -0.917. The summed E-state index contributed by atoms with van der Waals surface area (Å²) in [5.41, 5.74) is 4.40. The Hall–Kier alpha value is -2.13. The number of quaternary nitrogens is 1. The molecule has 1 aliphatic heterocycles. The van der Waals surface area contributed by atoms with Crippen LogP contribution in [-0.2, 0) is 16.8 Å². The first-order valence-electron chi connectivity index (χ1n) is 12.8. The summed E-state index contributed by atoms with van der Waals surface area (Å²) in [6, 6.07) is 20.1. The van der Waals surface area contributed by atoms with Gasteiger partial charge in [0.2, 0.25) is 5.91 Å². The first-order valence-corrected chi connectivity index (χ1v) is 12.8. The van der Waals surface area contributed by atoms with Gasteiger partial charge in [-0.25, -0.2) is 0 Å². The van der Waals surface area contributed by atoms with Crippen molar-refractivity contribution in [1.29, 1.82) is 0 Å². The smallest absolute Gasteiger partial charge is 0.229 e. The molecule has 5 fully saturated rings. The summed E-state index contributed by atoms with van der Waals surface area (Å²) in [7, 11) is 0. The molecule has 2 aromatic carbocycles. The summed E-state index contributed by atoms with van der Waals surface area (Å²) in [5, 5.41) is 0. The number of nitrogens with zero attached hydrogens (tertiary/aromatic N) is 1. The first kappa shape index (κ1) is 20.5. The lowest BCUT2D eigenvalue weighted by Crippen LogP contribution is -3.13. The van der Waals surface area contributed by atoms with Crippen molar-refractivity contribution in [2.45, 2.75) is 57.4 Å². The minimum atomic E-state index is -0.0914. The van der Waals surface area contributed by atoms with Gasteiger partial charge in [0.15, 0.2) is 0 Å². The molecule has 4 saturated carbocycles. The summed E-state index contributed by atoms with van der Waals surface area (Å²) in [6.07, 6.45) is 7.34. The lowest BCUT2D eigenvalue weighted by atomic mass is 9.42. The molecule has 4 atom stereocenters. The number of aryl methyl sites for hydroxylation is 1. The van der Waals surface area contributed by atoms with Gasteiger partial charge in [-0.3, -0.25) is 4.79 Å². The fourth-order valence-electron chi connectivity index (χ4n) is 8.18. The van der Waals surface area contributed by atoms with Crippen LogP contribution in [0.15, 0.2) is 54.6 Å². The minimum Gasteiger partial charge on any atom is -0.331 e. The zero-order valence-electron chi connectivity index (χ0n) is 19.5. The van der Waals surface area contributed by atoms with Crippen LogP contribution >= 0.6 is 0 Å². The maximum absolute atomic E-state index is 14.1. The quantitative estimate of drug-likeness (QED) is 0.786. The largest absolute Gasteiger partial charge is 0.331 e. The van der Waals surface area contributed by atoms with E-state index in [4.69, 9.17) is 0 Å². The van der Waals surface area contributed by atoms with Gasteiger partial charge in [-0.2, -0.15) is 0 Å². The van der Waals surface area contributed by atoms with Gasteiger partial charge < -0.3 is 9.80 Å². The molecule has 32 heavy (non-hydrogen) atoms. The van der Waals surface area contributed by atoms with Gasteiger partial charge in [-0.05, 0) is 68.3 Å². The summed E-state index contributed by atoms with van der Waals surface area (Å²) in [6.45, 7) is 7.26. The average molecular weight is 430 g/mol. The van der Waals surface area contributed by atoms with Crippen LogP contribution in [-0.4, -0.2) is 37.0 Å². The monoisotopic (exact) mass is 429 g/mol. The second kappa shape index (κ2) is 7.73. The van der Waals surface area contributed by atoms with Crippen LogP contribution < -0.4 is 4.90 Å². The van der Waals surface area contributed by atoms with Crippen molar-refractivity contribution in [1.82, 2.24) is 4.90 Å². The molecule has 7 rings (SSSR count). The Morgan fingerprint density at radius 3 is 2.25 bits per heavy atom. The van der Waals surface area contributed by atoms with Crippen LogP contribution in [0.3, 0.4) is 0 Å². The molecule has 4 aliphatic carbocycles. The highest BCUT2D eigenvalue weighted by Crippen LogP contribution is 2.66. The summed E-state index contributed by atoms with van der Waals surface area (Å²) < 4.78 is 0. The molecule has 168 valence electrons. The van der Waals surface area contributed by atoms with E-state index in [1.54, 1.807) is 4.90 Å². The van der Waals surface area contributed by atoms with E-state index in [0.29, 0.717) is 5.91 Å². The third kappa shape index (κ3) is 3.50. The molecule has 4 bridgehead atoms.